The third-order valence-corrected chi connectivity index (χ3v) is 3.65. The molecule has 1 fully saturated rings. The van der Waals surface area contributed by atoms with Gasteiger partial charge in [0.15, 0.2) is 0 Å². The van der Waals surface area contributed by atoms with Gasteiger partial charge in [-0.25, -0.2) is 9.97 Å². The second-order valence-electron chi connectivity index (χ2n) is 4.42. The molecule has 0 radical (unpaired) electrons. The van der Waals surface area contributed by atoms with E-state index in [-0.39, 0.29) is 11.6 Å². The zero-order valence-corrected chi connectivity index (χ0v) is 10.5. The van der Waals surface area contributed by atoms with Gasteiger partial charge in [0.1, 0.15) is 17.1 Å². The number of halogens is 1. The van der Waals surface area contributed by atoms with Crippen LogP contribution in [0.4, 0.5) is 0 Å². The average molecular weight is 265 g/mol. The molecule has 0 atom stereocenters. The number of piperidine rings is 1. The van der Waals surface area contributed by atoms with Crippen LogP contribution in [0.1, 0.15) is 18.9 Å². The molecule has 0 aliphatic carbocycles. The number of aromatic nitrogens is 3. The molecule has 5 nitrogen and oxygen atoms in total. The van der Waals surface area contributed by atoms with E-state index < -0.39 is 0 Å². The van der Waals surface area contributed by atoms with Gasteiger partial charge in [-0.2, -0.15) is 0 Å². The number of nitrogens with zero attached hydrogens (tertiary/aromatic N) is 3. The maximum Gasteiger partial charge on any atom is 0.252 e. The molecule has 0 bridgehead atoms. The molecular formula is C12H13ClN4O. The Hall–Kier alpha value is -1.46. The number of hydrogen-bond donors (Lipinski definition) is 1. The Morgan fingerprint density at radius 3 is 2.83 bits per heavy atom. The second-order valence-corrected chi connectivity index (χ2v) is 4.78. The number of pyridine rings is 1. The van der Waals surface area contributed by atoms with Crippen molar-refractivity contribution in [3.05, 3.63) is 34.0 Å². The minimum Gasteiger partial charge on any atom is -0.317 e. The zero-order valence-electron chi connectivity index (χ0n) is 9.77. The smallest absolute Gasteiger partial charge is 0.252 e. The van der Waals surface area contributed by atoms with Gasteiger partial charge in [0.05, 0.1) is 5.39 Å². The van der Waals surface area contributed by atoms with Crippen molar-refractivity contribution in [3.63, 3.8) is 0 Å². The Labute approximate surface area is 109 Å². The van der Waals surface area contributed by atoms with Crippen LogP contribution in [0.3, 0.4) is 0 Å². The van der Waals surface area contributed by atoms with E-state index in [4.69, 9.17) is 11.6 Å². The third kappa shape index (κ3) is 1.89. The summed E-state index contributed by atoms with van der Waals surface area (Å²) in [6.45, 7) is 1.85. The molecule has 0 unspecified atom stereocenters. The minimum absolute atomic E-state index is 0.0239. The molecule has 1 aliphatic heterocycles. The molecule has 1 saturated heterocycles. The van der Waals surface area contributed by atoms with Gasteiger partial charge >= 0.3 is 0 Å². The molecule has 0 amide bonds. The molecule has 3 rings (SSSR count). The van der Waals surface area contributed by atoms with Crippen molar-refractivity contribution in [3.8, 4) is 0 Å². The van der Waals surface area contributed by atoms with Crippen molar-refractivity contribution < 1.29 is 0 Å². The predicted molar refractivity (Wildman–Crippen MR) is 69.9 cm³/mol. The predicted octanol–water partition coefficient (Wildman–Crippen LogP) is 1.37. The Morgan fingerprint density at radius 2 is 2.06 bits per heavy atom. The average Bonchev–Trinajstić information content (AvgIpc) is 2.40. The molecule has 94 valence electrons. The quantitative estimate of drug-likeness (QED) is 0.791. The van der Waals surface area contributed by atoms with Gasteiger partial charge in [-0.1, -0.05) is 11.6 Å². The Morgan fingerprint density at radius 1 is 1.28 bits per heavy atom. The zero-order chi connectivity index (χ0) is 12.5. The van der Waals surface area contributed by atoms with Crippen molar-refractivity contribution in [1.82, 2.24) is 19.9 Å². The highest BCUT2D eigenvalue weighted by Gasteiger charge is 2.19. The van der Waals surface area contributed by atoms with Gasteiger partial charge < -0.3 is 5.32 Å². The Bertz CT molecular complexity index is 634. The van der Waals surface area contributed by atoms with Gasteiger partial charge in [0.2, 0.25) is 0 Å². The van der Waals surface area contributed by atoms with Crippen molar-refractivity contribution in [2.75, 3.05) is 13.1 Å². The van der Waals surface area contributed by atoms with Gasteiger partial charge in [-0.05, 0) is 32.0 Å². The lowest BCUT2D eigenvalue weighted by molar-refractivity contribution is 0.367. The summed E-state index contributed by atoms with van der Waals surface area (Å²) in [5.74, 6) is 0. The molecule has 0 spiro atoms. The SMILES string of the molecule is O=c1ccc2c(Cl)ncnc2n1C1CCNCC1. The summed E-state index contributed by atoms with van der Waals surface area (Å²) in [5, 5.41) is 4.41. The van der Waals surface area contributed by atoms with Crippen LogP contribution >= 0.6 is 11.6 Å². The molecule has 6 heteroatoms. The topological polar surface area (TPSA) is 59.8 Å². The fraction of sp³-hybridized carbons (Fsp3) is 0.417. The van der Waals surface area contributed by atoms with Gasteiger partial charge in [-0.15, -0.1) is 0 Å². The van der Waals surface area contributed by atoms with E-state index in [0.717, 1.165) is 31.3 Å². The first-order chi connectivity index (χ1) is 8.77. The molecule has 2 aromatic rings. The number of hydrogen-bond acceptors (Lipinski definition) is 4. The third-order valence-electron chi connectivity index (χ3n) is 3.35. The van der Waals surface area contributed by atoms with E-state index in [1.54, 1.807) is 16.7 Å². The normalized spacial score (nSPS) is 17.2. The molecule has 1 aliphatic rings. The molecule has 3 heterocycles. The maximum atomic E-state index is 12.1. The number of nitrogens with one attached hydrogen (secondary N) is 1. The van der Waals surface area contributed by atoms with E-state index in [9.17, 15) is 4.79 Å². The summed E-state index contributed by atoms with van der Waals surface area (Å²) in [5.41, 5.74) is 0.610. The lowest BCUT2D eigenvalue weighted by Crippen LogP contribution is -2.34. The largest absolute Gasteiger partial charge is 0.317 e. The van der Waals surface area contributed by atoms with Crippen molar-refractivity contribution in [2.24, 2.45) is 0 Å². The van der Waals surface area contributed by atoms with Gasteiger partial charge in [0, 0.05) is 12.1 Å². The van der Waals surface area contributed by atoms with E-state index in [0.29, 0.717) is 10.8 Å². The van der Waals surface area contributed by atoms with Gasteiger partial charge in [-0.3, -0.25) is 9.36 Å². The van der Waals surface area contributed by atoms with Crippen LogP contribution in [-0.4, -0.2) is 27.6 Å². The van der Waals surface area contributed by atoms with Crippen molar-refractivity contribution >= 4 is 22.6 Å². The summed E-state index contributed by atoms with van der Waals surface area (Å²) in [4.78, 5) is 20.3. The molecule has 0 aromatic carbocycles. The first-order valence-corrected chi connectivity index (χ1v) is 6.37. The van der Waals surface area contributed by atoms with Crippen LogP contribution in [0.15, 0.2) is 23.3 Å². The number of fused-ring (bicyclic) bond motifs is 1. The summed E-state index contributed by atoms with van der Waals surface area (Å²) >= 11 is 6.04. The van der Waals surface area contributed by atoms with Crippen molar-refractivity contribution in [2.45, 2.75) is 18.9 Å². The van der Waals surface area contributed by atoms with Crippen LogP contribution in [0, 0.1) is 0 Å². The minimum atomic E-state index is -0.0239. The summed E-state index contributed by atoms with van der Waals surface area (Å²) in [6.07, 6.45) is 3.27. The summed E-state index contributed by atoms with van der Waals surface area (Å²) in [7, 11) is 0. The van der Waals surface area contributed by atoms with Crippen LogP contribution in [0.25, 0.3) is 11.0 Å². The summed E-state index contributed by atoms with van der Waals surface area (Å²) in [6, 6.07) is 3.42. The van der Waals surface area contributed by atoms with E-state index in [1.165, 1.54) is 6.33 Å². The summed E-state index contributed by atoms with van der Waals surface area (Å²) < 4.78 is 1.75. The Kier molecular flexibility index (Phi) is 3.01. The highest BCUT2D eigenvalue weighted by Crippen LogP contribution is 2.23. The Balaban J connectivity index is 2.23. The first kappa shape index (κ1) is 11.6. The van der Waals surface area contributed by atoms with E-state index >= 15 is 0 Å². The monoisotopic (exact) mass is 264 g/mol. The molecule has 1 N–H and O–H groups in total. The lowest BCUT2D eigenvalue weighted by atomic mass is 10.1. The fourth-order valence-corrected chi connectivity index (χ4v) is 2.65. The maximum absolute atomic E-state index is 12.1. The van der Waals surface area contributed by atoms with E-state index in [1.807, 2.05) is 0 Å². The van der Waals surface area contributed by atoms with Crippen LogP contribution in [0.2, 0.25) is 5.15 Å². The highest BCUT2D eigenvalue weighted by atomic mass is 35.5. The van der Waals surface area contributed by atoms with Crippen LogP contribution in [-0.2, 0) is 0 Å². The molecule has 18 heavy (non-hydrogen) atoms. The standard InChI is InChI=1S/C12H13ClN4O/c13-11-9-1-2-10(18)17(12(9)16-7-15-11)8-3-5-14-6-4-8/h1-2,7-8,14H,3-6H2. The van der Waals surface area contributed by atoms with E-state index in [2.05, 4.69) is 15.3 Å². The first-order valence-electron chi connectivity index (χ1n) is 6.00. The fourth-order valence-electron chi connectivity index (χ4n) is 2.46. The molecule has 0 saturated carbocycles. The van der Waals surface area contributed by atoms with Crippen LogP contribution in [0.5, 0.6) is 0 Å². The molecular weight excluding hydrogens is 252 g/mol. The highest BCUT2D eigenvalue weighted by molar-refractivity contribution is 6.33. The van der Waals surface area contributed by atoms with Crippen molar-refractivity contribution in [1.29, 1.82) is 0 Å². The van der Waals surface area contributed by atoms with Crippen LogP contribution < -0.4 is 10.9 Å². The molecule has 2 aromatic heterocycles. The lowest BCUT2D eigenvalue weighted by Gasteiger charge is -2.25. The van der Waals surface area contributed by atoms with Gasteiger partial charge in [0.25, 0.3) is 5.56 Å². The number of rotatable bonds is 1. The second kappa shape index (κ2) is 4.66.